The van der Waals surface area contributed by atoms with Gasteiger partial charge < -0.3 is 9.13 Å². The van der Waals surface area contributed by atoms with Crippen LogP contribution >= 0.6 is 0 Å². The van der Waals surface area contributed by atoms with Gasteiger partial charge in [0.25, 0.3) is 0 Å². The Hall–Kier alpha value is -11.3. The average Bonchev–Trinajstić information content (AvgIpc) is 2.15. The van der Waals surface area contributed by atoms with Gasteiger partial charge in [-0.05, 0) is 179 Å². The van der Waals surface area contributed by atoms with Crippen LogP contribution in [0.25, 0.3) is 155 Å². The number of hydrogen-bond acceptors (Lipinski definition) is 0. The van der Waals surface area contributed by atoms with Crippen LogP contribution in [0.1, 0.15) is 0 Å². The van der Waals surface area contributed by atoms with Gasteiger partial charge in [0.05, 0.1) is 22.1 Å². The van der Waals surface area contributed by atoms with Gasteiger partial charge in [-0.15, -0.1) is 0 Å². The summed E-state index contributed by atoms with van der Waals surface area (Å²) in [5, 5.41) is 4.96. The van der Waals surface area contributed by atoms with Crippen LogP contribution in [0.4, 0.5) is 0 Å². The first-order valence-corrected chi connectivity index (χ1v) is 29.6. The van der Waals surface area contributed by atoms with Gasteiger partial charge in [0.2, 0.25) is 0 Å². The van der Waals surface area contributed by atoms with Crippen molar-refractivity contribution in [2.45, 2.75) is 0 Å². The minimum atomic E-state index is 1.14. The molecule has 0 spiro atoms. The molecule has 2 aromatic heterocycles. The van der Waals surface area contributed by atoms with Crippen molar-refractivity contribution in [1.29, 1.82) is 0 Å². The van der Waals surface area contributed by atoms with Crippen molar-refractivity contribution in [2.24, 2.45) is 0 Å². The lowest BCUT2D eigenvalue weighted by atomic mass is 9.94. The highest BCUT2D eigenvalue weighted by atomic mass is 15.0. The summed E-state index contributed by atoms with van der Waals surface area (Å²) in [6, 6.07) is 124. The molecule has 0 N–H and O–H groups in total. The minimum absolute atomic E-state index is 1.14. The molecule has 0 saturated carbocycles. The number of benzene rings is 14. The molecule has 0 unspecified atom stereocenters. The Morgan fingerprint density at radius 2 is 0.372 bits per heavy atom. The Balaban J connectivity index is 0.623. The third-order valence-corrected chi connectivity index (χ3v) is 17.4. The van der Waals surface area contributed by atoms with Crippen LogP contribution in [-0.4, -0.2) is 9.13 Å². The molecule has 14 aromatic carbocycles. The number of fused-ring (bicyclic) bond motifs is 6. The lowest BCUT2D eigenvalue weighted by Crippen LogP contribution is -1.94. The van der Waals surface area contributed by atoms with E-state index in [0.717, 1.165) is 11.4 Å². The highest BCUT2D eigenvalue weighted by Gasteiger charge is 2.18. The molecular weight excluding hydrogens is 1040 g/mol. The zero-order chi connectivity index (χ0) is 56.9. The Morgan fingerprint density at radius 3 is 0.767 bits per heavy atom. The molecular formula is C84H56N2. The standard InChI is InChI=1S/C84H56N2/c1-3-15-57(16-4-1)66-19-11-20-67(51-66)64-39-41-65(42-40-64)69-22-13-24-71(53-69)70-23-12-21-68(52-70)63-37-35-60(36-38-63)59-31-33-61(34-32-59)62-43-47-75(48-44-62)85-81-29-9-7-27-77(81)79-55-73(45-49-83(79)85)74-46-50-84-80(56-74)78-28-8-10-30-82(78)86(84)76-26-14-25-72(54-76)58-17-5-2-6-18-58/h1-56H. The smallest absolute Gasteiger partial charge is 0.0541 e. The number of aromatic nitrogens is 2. The third-order valence-electron chi connectivity index (χ3n) is 17.4. The van der Waals surface area contributed by atoms with Gasteiger partial charge in [-0.2, -0.15) is 0 Å². The van der Waals surface area contributed by atoms with Crippen LogP contribution in [0.15, 0.2) is 340 Å². The highest BCUT2D eigenvalue weighted by molar-refractivity contribution is 6.13. The quantitative estimate of drug-likeness (QED) is 0.122. The van der Waals surface area contributed by atoms with Crippen molar-refractivity contribution in [1.82, 2.24) is 9.13 Å². The predicted molar refractivity (Wildman–Crippen MR) is 364 cm³/mol. The number of rotatable bonds is 11. The summed E-state index contributed by atoms with van der Waals surface area (Å²) < 4.78 is 4.82. The molecule has 0 atom stereocenters. The van der Waals surface area contributed by atoms with Crippen LogP contribution in [0, 0.1) is 0 Å². The summed E-state index contributed by atoms with van der Waals surface area (Å²) in [4.78, 5) is 0. The second-order valence-electron chi connectivity index (χ2n) is 22.5. The van der Waals surface area contributed by atoms with Gasteiger partial charge in [-0.3, -0.25) is 0 Å². The molecule has 0 amide bonds. The van der Waals surface area contributed by atoms with Gasteiger partial charge >= 0.3 is 0 Å². The van der Waals surface area contributed by atoms with Gasteiger partial charge in [0.1, 0.15) is 0 Å². The van der Waals surface area contributed by atoms with E-state index in [1.54, 1.807) is 0 Å². The molecule has 16 rings (SSSR count). The van der Waals surface area contributed by atoms with Gasteiger partial charge in [0.15, 0.2) is 0 Å². The fourth-order valence-electron chi connectivity index (χ4n) is 13.0. The molecule has 2 heteroatoms. The Bertz CT molecular complexity index is 5160. The molecule has 0 aliphatic rings. The van der Waals surface area contributed by atoms with E-state index in [4.69, 9.17) is 0 Å². The molecule has 402 valence electrons. The monoisotopic (exact) mass is 1090 g/mol. The molecule has 86 heavy (non-hydrogen) atoms. The van der Waals surface area contributed by atoms with Crippen molar-refractivity contribution in [3.8, 4) is 112 Å². The molecule has 0 fully saturated rings. The number of hydrogen-bond donors (Lipinski definition) is 0. The normalized spacial score (nSPS) is 11.5. The predicted octanol–water partition coefficient (Wildman–Crippen LogP) is 22.9. The third kappa shape index (κ3) is 9.27. The Morgan fingerprint density at radius 1 is 0.128 bits per heavy atom. The Kier molecular flexibility index (Phi) is 12.6. The molecule has 2 heterocycles. The van der Waals surface area contributed by atoms with Gasteiger partial charge in [-0.1, -0.05) is 261 Å². The van der Waals surface area contributed by atoms with Gasteiger partial charge in [-0.25, -0.2) is 0 Å². The van der Waals surface area contributed by atoms with E-state index in [-0.39, 0.29) is 0 Å². The minimum Gasteiger partial charge on any atom is -0.309 e. The number of nitrogens with zero attached hydrogens (tertiary/aromatic N) is 2. The second-order valence-corrected chi connectivity index (χ2v) is 22.5. The highest BCUT2D eigenvalue weighted by Crippen LogP contribution is 2.40. The maximum Gasteiger partial charge on any atom is 0.0541 e. The Labute approximate surface area is 501 Å². The molecule has 0 aliphatic heterocycles. The van der Waals surface area contributed by atoms with E-state index in [9.17, 15) is 0 Å². The molecule has 0 radical (unpaired) electrons. The summed E-state index contributed by atoms with van der Waals surface area (Å²) >= 11 is 0. The van der Waals surface area contributed by atoms with Crippen LogP contribution in [-0.2, 0) is 0 Å². The lowest BCUT2D eigenvalue weighted by molar-refractivity contribution is 1.18. The largest absolute Gasteiger partial charge is 0.309 e. The van der Waals surface area contributed by atoms with E-state index in [1.807, 2.05) is 0 Å². The van der Waals surface area contributed by atoms with Crippen molar-refractivity contribution < 1.29 is 0 Å². The van der Waals surface area contributed by atoms with E-state index in [2.05, 4.69) is 349 Å². The average molecular weight is 1090 g/mol. The van der Waals surface area contributed by atoms with Crippen molar-refractivity contribution in [3.05, 3.63) is 340 Å². The van der Waals surface area contributed by atoms with Gasteiger partial charge in [0, 0.05) is 32.9 Å². The van der Waals surface area contributed by atoms with E-state index in [1.165, 1.54) is 144 Å². The van der Waals surface area contributed by atoms with E-state index >= 15 is 0 Å². The maximum absolute atomic E-state index is 2.41. The van der Waals surface area contributed by atoms with E-state index < -0.39 is 0 Å². The van der Waals surface area contributed by atoms with Crippen LogP contribution < -0.4 is 0 Å². The molecule has 0 bridgehead atoms. The second kappa shape index (κ2) is 21.5. The van der Waals surface area contributed by atoms with E-state index in [0.29, 0.717) is 0 Å². The first-order chi connectivity index (χ1) is 42.6. The molecule has 16 aromatic rings. The first kappa shape index (κ1) is 50.4. The maximum atomic E-state index is 2.41. The van der Waals surface area contributed by atoms with Crippen LogP contribution in [0.2, 0.25) is 0 Å². The summed E-state index contributed by atoms with van der Waals surface area (Å²) in [5.41, 5.74) is 28.7. The summed E-state index contributed by atoms with van der Waals surface area (Å²) in [6.07, 6.45) is 0. The lowest BCUT2D eigenvalue weighted by Gasteiger charge is -2.11. The molecule has 0 saturated heterocycles. The first-order valence-electron chi connectivity index (χ1n) is 29.6. The van der Waals surface area contributed by atoms with Crippen LogP contribution in [0.5, 0.6) is 0 Å². The number of para-hydroxylation sites is 2. The zero-order valence-corrected chi connectivity index (χ0v) is 47.2. The fourth-order valence-corrected chi connectivity index (χ4v) is 13.0. The zero-order valence-electron chi connectivity index (χ0n) is 47.2. The molecule has 2 nitrogen and oxygen atoms in total. The van der Waals surface area contributed by atoms with Crippen molar-refractivity contribution >= 4 is 43.6 Å². The van der Waals surface area contributed by atoms with Crippen LogP contribution in [0.3, 0.4) is 0 Å². The SMILES string of the molecule is c1ccc(-c2cccc(-c3ccc(-c4cccc(-c5cccc(-c6ccc(-c7ccc(-c8ccc(-n9c%10ccccc%10c%10cc(-c%11ccc%12c(c%11)c%11ccccc%11n%12-c%11cccc(-c%12ccccc%12)c%11)ccc%109)cc8)cc7)cc6)c5)c4)cc3)c2)cc1. The van der Waals surface area contributed by atoms with Crippen molar-refractivity contribution in [3.63, 3.8) is 0 Å². The van der Waals surface area contributed by atoms with Crippen molar-refractivity contribution in [2.75, 3.05) is 0 Å². The summed E-state index contributed by atoms with van der Waals surface area (Å²) in [7, 11) is 0. The molecule has 0 aliphatic carbocycles. The summed E-state index contributed by atoms with van der Waals surface area (Å²) in [5.74, 6) is 0. The topological polar surface area (TPSA) is 9.86 Å². The fraction of sp³-hybridized carbons (Fsp3) is 0. The summed E-state index contributed by atoms with van der Waals surface area (Å²) in [6.45, 7) is 0.